The number of aliphatic hydroxyl groups excluding tert-OH is 1. The zero-order chi connectivity index (χ0) is 9.30. The molecule has 1 rings (SSSR count). The number of likely N-dealkylation sites (tertiary alicyclic amines) is 1. The number of hydrogen-bond acceptors (Lipinski definition) is 3. The lowest BCUT2D eigenvalue weighted by atomic mass is 10.1. The molecule has 2 unspecified atom stereocenters. The second kappa shape index (κ2) is 3.23. The fourth-order valence-corrected chi connectivity index (χ4v) is 1.47. The summed E-state index contributed by atoms with van der Waals surface area (Å²) >= 11 is 0. The predicted octanol–water partition coefficient (Wildman–Crippen LogP) is -0.443. The van der Waals surface area contributed by atoms with Gasteiger partial charge in [-0.25, -0.2) is 0 Å². The molecular weight excluding hydrogens is 158 g/mol. The first-order valence-electron chi connectivity index (χ1n) is 3.95. The Morgan fingerprint density at radius 2 is 2.33 bits per heavy atom. The van der Waals surface area contributed by atoms with Crippen molar-refractivity contribution in [3.8, 4) is 0 Å². The molecule has 0 aromatic carbocycles. The molecule has 0 saturated carbocycles. The third-order valence-electron chi connectivity index (χ3n) is 2.22. The Morgan fingerprint density at radius 1 is 1.75 bits per heavy atom. The SMILES string of the molecule is CC(=O)CC1C(O)CC(=O)N1C. The van der Waals surface area contributed by atoms with Crippen molar-refractivity contribution in [2.75, 3.05) is 7.05 Å². The van der Waals surface area contributed by atoms with Crippen LogP contribution in [0.4, 0.5) is 0 Å². The summed E-state index contributed by atoms with van der Waals surface area (Å²) in [6.07, 6.45) is -0.274. The van der Waals surface area contributed by atoms with E-state index in [1.54, 1.807) is 7.05 Å². The van der Waals surface area contributed by atoms with E-state index in [2.05, 4.69) is 0 Å². The van der Waals surface area contributed by atoms with Crippen LogP contribution in [0.25, 0.3) is 0 Å². The Balaban J connectivity index is 2.63. The van der Waals surface area contributed by atoms with E-state index < -0.39 is 6.10 Å². The van der Waals surface area contributed by atoms with Gasteiger partial charge in [0.2, 0.25) is 5.91 Å². The van der Waals surface area contributed by atoms with Crippen molar-refractivity contribution >= 4 is 11.7 Å². The highest BCUT2D eigenvalue weighted by molar-refractivity contribution is 5.82. The standard InChI is InChI=1S/C8H13NO3/c1-5(10)3-6-7(11)4-8(12)9(6)2/h6-7,11H,3-4H2,1-2H3. The van der Waals surface area contributed by atoms with Gasteiger partial charge in [0.25, 0.3) is 0 Å². The van der Waals surface area contributed by atoms with Gasteiger partial charge in [-0.15, -0.1) is 0 Å². The van der Waals surface area contributed by atoms with Crippen LogP contribution < -0.4 is 0 Å². The molecule has 2 atom stereocenters. The van der Waals surface area contributed by atoms with Crippen molar-refractivity contribution < 1.29 is 14.7 Å². The Bertz CT molecular complexity index is 214. The second-order valence-electron chi connectivity index (χ2n) is 3.25. The number of aliphatic hydroxyl groups is 1. The van der Waals surface area contributed by atoms with Gasteiger partial charge in [-0.3, -0.25) is 9.59 Å². The number of Topliss-reactive ketones (excluding diaryl/α,β-unsaturated/α-hetero) is 1. The van der Waals surface area contributed by atoms with E-state index in [-0.39, 0.29) is 30.6 Å². The zero-order valence-corrected chi connectivity index (χ0v) is 7.28. The van der Waals surface area contributed by atoms with Gasteiger partial charge in [-0.1, -0.05) is 0 Å². The molecule has 1 aliphatic heterocycles. The first-order valence-corrected chi connectivity index (χ1v) is 3.95. The molecule has 0 spiro atoms. The highest BCUT2D eigenvalue weighted by atomic mass is 16.3. The molecule has 12 heavy (non-hydrogen) atoms. The van der Waals surface area contributed by atoms with E-state index in [9.17, 15) is 14.7 Å². The van der Waals surface area contributed by atoms with Crippen molar-refractivity contribution in [2.24, 2.45) is 0 Å². The maximum absolute atomic E-state index is 11.0. The first-order chi connectivity index (χ1) is 5.52. The molecule has 4 heteroatoms. The topological polar surface area (TPSA) is 57.6 Å². The summed E-state index contributed by atoms with van der Waals surface area (Å²) in [7, 11) is 1.62. The van der Waals surface area contributed by atoms with E-state index in [1.807, 2.05) is 0 Å². The molecule has 0 aliphatic carbocycles. The van der Waals surface area contributed by atoms with Crippen LogP contribution in [-0.2, 0) is 9.59 Å². The molecular formula is C8H13NO3. The summed E-state index contributed by atoms with van der Waals surface area (Å²) in [5, 5.41) is 9.36. The minimum atomic E-state index is -0.675. The molecule has 0 radical (unpaired) electrons. The number of amides is 1. The summed E-state index contributed by atoms with van der Waals surface area (Å²) in [5.74, 6) is -0.0886. The normalized spacial score (nSPS) is 29.6. The molecule has 1 heterocycles. The van der Waals surface area contributed by atoms with Crippen molar-refractivity contribution in [3.05, 3.63) is 0 Å². The highest BCUT2D eigenvalue weighted by Gasteiger charge is 2.36. The quantitative estimate of drug-likeness (QED) is 0.612. The number of rotatable bonds is 2. The minimum Gasteiger partial charge on any atom is -0.390 e. The van der Waals surface area contributed by atoms with E-state index >= 15 is 0 Å². The van der Waals surface area contributed by atoms with Crippen molar-refractivity contribution in [1.29, 1.82) is 0 Å². The summed E-state index contributed by atoms with van der Waals surface area (Å²) in [6, 6.07) is -0.310. The number of likely N-dealkylation sites (N-methyl/N-ethyl adjacent to an activating group) is 1. The Hall–Kier alpha value is -0.900. The van der Waals surface area contributed by atoms with Crippen molar-refractivity contribution in [1.82, 2.24) is 4.90 Å². The van der Waals surface area contributed by atoms with Crippen LogP contribution in [-0.4, -0.2) is 40.9 Å². The summed E-state index contributed by atoms with van der Waals surface area (Å²) < 4.78 is 0. The van der Waals surface area contributed by atoms with E-state index in [0.717, 1.165) is 0 Å². The molecule has 4 nitrogen and oxygen atoms in total. The van der Waals surface area contributed by atoms with Gasteiger partial charge in [0.05, 0.1) is 18.6 Å². The number of hydrogen-bond donors (Lipinski definition) is 1. The van der Waals surface area contributed by atoms with Gasteiger partial charge in [0.1, 0.15) is 5.78 Å². The molecule has 0 bridgehead atoms. The van der Waals surface area contributed by atoms with Gasteiger partial charge < -0.3 is 10.0 Å². The molecule has 1 amide bonds. The molecule has 0 aromatic rings. The average Bonchev–Trinajstić information content (AvgIpc) is 2.16. The largest absolute Gasteiger partial charge is 0.390 e. The van der Waals surface area contributed by atoms with Crippen molar-refractivity contribution in [3.63, 3.8) is 0 Å². The molecule has 1 fully saturated rings. The van der Waals surface area contributed by atoms with Gasteiger partial charge in [-0.2, -0.15) is 0 Å². The monoisotopic (exact) mass is 171 g/mol. The Kier molecular flexibility index (Phi) is 2.47. The molecule has 1 aliphatic rings. The lowest BCUT2D eigenvalue weighted by Crippen LogP contribution is -2.35. The minimum absolute atomic E-state index is 0.000556. The van der Waals surface area contributed by atoms with Crippen LogP contribution in [0.1, 0.15) is 19.8 Å². The van der Waals surface area contributed by atoms with Crippen LogP contribution in [0, 0.1) is 0 Å². The Morgan fingerprint density at radius 3 is 2.67 bits per heavy atom. The third-order valence-corrected chi connectivity index (χ3v) is 2.22. The maximum Gasteiger partial charge on any atom is 0.225 e. The van der Waals surface area contributed by atoms with Crippen LogP contribution in [0.15, 0.2) is 0 Å². The Labute approximate surface area is 71.2 Å². The maximum atomic E-state index is 11.0. The lowest BCUT2D eigenvalue weighted by molar-refractivity contribution is -0.128. The first kappa shape index (κ1) is 9.19. The van der Waals surface area contributed by atoms with E-state index in [1.165, 1.54) is 11.8 Å². The van der Waals surface area contributed by atoms with Gasteiger partial charge in [-0.05, 0) is 6.92 Å². The summed E-state index contributed by atoms with van der Waals surface area (Å²) in [4.78, 5) is 23.2. The molecule has 68 valence electrons. The lowest BCUT2D eigenvalue weighted by Gasteiger charge is -2.20. The fraction of sp³-hybridized carbons (Fsp3) is 0.750. The smallest absolute Gasteiger partial charge is 0.225 e. The summed E-state index contributed by atoms with van der Waals surface area (Å²) in [6.45, 7) is 1.46. The zero-order valence-electron chi connectivity index (χ0n) is 7.28. The summed E-state index contributed by atoms with van der Waals surface area (Å²) in [5.41, 5.74) is 0. The second-order valence-corrected chi connectivity index (χ2v) is 3.25. The van der Waals surface area contributed by atoms with E-state index in [4.69, 9.17) is 0 Å². The van der Waals surface area contributed by atoms with Crippen LogP contribution in [0.3, 0.4) is 0 Å². The number of carbonyl (C=O) groups is 2. The van der Waals surface area contributed by atoms with Gasteiger partial charge >= 0.3 is 0 Å². The third kappa shape index (κ3) is 1.64. The van der Waals surface area contributed by atoms with Crippen molar-refractivity contribution in [2.45, 2.75) is 31.9 Å². The number of ketones is 1. The highest BCUT2D eigenvalue weighted by Crippen LogP contribution is 2.20. The van der Waals surface area contributed by atoms with Crippen LogP contribution >= 0.6 is 0 Å². The number of nitrogens with zero attached hydrogens (tertiary/aromatic N) is 1. The van der Waals surface area contributed by atoms with Crippen LogP contribution in [0.2, 0.25) is 0 Å². The predicted molar refractivity (Wildman–Crippen MR) is 42.5 cm³/mol. The number of carbonyl (C=O) groups excluding carboxylic acids is 2. The van der Waals surface area contributed by atoms with Gasteiger partial charge in [0.15, 0.2) is 0 Å². The van der Waals surface area contributed by atoms with Gasteiger partial charge in [0, 0.05) is 13.5 Å². The molecule has 1 saturated heterocycles. The average molecular weight is 171 g/mol. The van der Waals surface area contributed by atoms with E-state index in [0.29, 0.717) is 0 Å². The van der Waals surface area contributed by atoms with Crippen LogP contribution in [0.5, 0.6) is 0 Å². The molecule has 1 N–H and O–H groups in total. The fourth-order valence-electron chi connectivity index (χ4n) is 1.47. The molecule has 0 aromatic heterocycles.